The zero-order valence-electron chi connectivity index (χ0n) is 8.61. The van der Waals surface area contributed by atoms with Crippen molar-refractivity contribution < 1.29 is 28.8 Å². The van der Waals surface area contributed by atoms with Gasteiger partial charge in [0.25, 0.3) is 0 Å². The van der Waals surface area contributed by atoms with Crippen LogP contribution in [0.5, 0.6) is 0 Å². The fraction of sp³-hybridized carbons (Fsp3) is 0. The Bertz CT molecular complexity index is 473. The summed E-state index contributed by atoms with van der Waals surface area (Å²) in [7, 11) is -8.80. The van der Waals surface area contributed by atoms with E-state index in [4.69, 9.17) is 9.11 Å². The average Bonchev–Trinajstić information content (AvgIpc) is 2.28. The Hall–Kier alpha value is 0.780. The molecule has 0 aliphatic rings. The molecule has 0 aliphatic carbocycles. The van der Waals surface area contributed by atoms with Crippen molar-refractivity contribution in [2.24, 2.45) is 0 Å². The molecule has 0 unspecified atom stereocenters. The average molecular weight is 286 g/mol. The molecular formula is C4H6CaO6S3. The van der Waals surface area contributed by atoms with Gasteiger partial charge in [0.15, 0.2) is 0 Å². The van der Waals surface area contributed by atoms with Gasteiger partial charge in [-0.15, -0.1) is 11.3 Å². The van der Waals surface area contributed by atoms with E-state index in [1.165, 1.54) is 0 Å². The van der Waals surface area contributed by atoms with Gasteiger partial charge < -0.3 is 2.85 Å². The van der Waals surface area contributed by atoms with E-state index in [1.54, 1.807) is 0 Å². The van der Waals surface area contributed by atoms with Crippen molar-refractivity contribution in [1.29, 1.82) is 0 Å². The maximum atomic E-state index is 10.5. The fourth-order valence-corrected chi connectivity index (χ4v) is 3.07. The van der Waals surface area contributed by atoms with Crippen LogP contribution in [-0.4, -0.2) is 63.7 Å². The minimum atomic E-state index is -4.40. The van der Waals surface area contributed by atoms with E-state index in [0.29, 0.717) is 0 Å². The van der Waals surface area contributed by atoms with Crippen LogP contribution in [0.25, 0.3) is 0 Å². The summed E-state index contributed by atoms with van der Waals surface area (Å²) in [5.41, 5.74) is 0. The SMILES string of the molecule is O=S(=O)(O)c1ccc(S(=O)(=O)O)s1.[Ca+2].[H-].[H-]. The molecular weight excluding hydrogens is 280 g/mol. The minimum absolute atomic E-state index is 0. The molecule has 0 aliphatic heterocycles. The number of hydrogen-bond donors (Lipinski definition) is 2. The summed E-state index contributed by atoms with van der Waals surface area (Å²) in [4.78, 5) is 0. The molecule has 0 spiro atoms. The third kappa shape index (κ3) is 3.74. The van der Waals surface area contributed by atoms with E-state index in [1.807, 2.05) is 0 Å². The van der Waals surface area contributed by atoms with E-state index >= 15 is 0 Å². The third-order valence-electron chi connectivity index (χ3n) is 1.07. The maximum absolute atomic E-state index is 10.5. The van der Waals surface area contributed by atoms with E-state index in [9.17, 15) is 16.8 Å². The Morgan fingerprint density at radius 2 is 1.29 bits per heavy atom. The van der Waals surface area contributed by atoms with Crippen LogP contribution in [0.4, 0.5) is 0 Å². The Morgan fingerprint density at radius 3 is 1.43 bits per heavy atom. The van der Waals surface area contributed by atoms with Crippen LogP contribution in [0.1, 0.15) is 2.85 Å². The molecule has 1 aromatic heterocycles. The first-order valence-corrected chi connectivity index (χ1v) is 6.46. The quantitative estimate of drug-likeness (QED) is 0.589. The van der Waals surface area contributed by atoms with Crippen LogP contribution in [-0.2, 0) is 20.2 Å². The van der Waals surface area contributed by atoms with Gasteiger partial charge in [-0.2, -0.15) is 16.8 Å². The van der Waals surface area contributed by atoms with Crippen LogP contribution in [0, 0.1) is 0 Å². The summed E-state index contributed by atoms with van der Waals surface area (Å²) in [6, 6.07) is 1.78. The van der Waals surface area contributed by atoms with Crippen molar-refractivity contribution in [2.45, 2.75) is 8.42 Å². The molecule has 6 nitrogen and oxygen atoms in total. The third-order valence-corrected chi connectivity index (χ3v) is 4.79. The van der Waals surface area contributed by atoms with Crippen LogP contribution in [0.15, 0.2) is 20.6 Å². The molecule has 2 N–H and O–H groups in total. The van der Waals surface area contributed by atoms with Gasteiger partial charge in [0, 0.05) is 0 Å². The first-order valence-electron chi connectivity index (χ1n) is 2.76. The van der Waals surface area contributed by atoms with E-state index in [2.05, 4.69) is 0 Å². The van der Waals surface area contributed by atoms with Gasteiger partial charge in [-0.05, 0) is 12.1 Å². The largest absolute Gasteiger partial charge is 2.00 e. The summed E-state index contributed by atoms with van der Waals surface area (Å²) in [5.74, 6) is 0. The summed E-state index contributed by atoms with van der Waals surface area (Å²) >= 11 is 0.271. The van der Waals surface area contributed by atoms with Gasteiger partial charge in [0.2, 0.25) is 0 Å². The van der Waals surface area contributed by atoms with E-state index in [0.717, 1.165) is 12.1 Å². The minimum Gasteiger partial charge on any atom is -1.00 e. The molecule has 1 heterocycles. The summed E-state index contributed by atoms with van der Waals surface area (Å²) in [6.45, 7) is 0. The number of rotatable bonds is 2. The van der Waals surface area contributed by atoms with Crippen LogP contribution >= 0.6 is 11.3 Å². The zero-order valence-corrected chi connectivity index (χ0v) is 11.3. The van der Waals surface area contributed by atoms with Crippen molar-refractivity contribution in [2.75, 3.05) is 0 Å². The molecule has 1 rings (SSSR count). The zero-order chi connectivity index (χ0) is 10.3. The number of hydrogen-bond acceptors (Lipinski definition) is 5. The fourth-order valence-electron chi connectivity index (χ4n) is 0.581. The van der Waals surface area contributed by atoms with Gasteiger partial charge in [-0.1, -0.05) is 0 Å². The number of thiophene rings is 1. The van der Waals surface area contributed by atoms with Crippen LogP contribution in [0.3, 0.4) is 0 Å². The Morgan fingerprint density at radius 1 is 1.00 bits per heavy atom. The molecule has 0 aromatic carbocycles. The van der Waals surface area contributed by atoms with E-state index < -0.39 is 28.7 Å². The van der Waals surface area contributed by atoms with Crippen LogP contribution in [0.2, 0.25) is 0 Å². The standard InChI is InChI=1S/C4H4O6S3.Ca.2H/c5-12(6,7)3-1-2-4(11-3)13(8,9)10;;;/h1-2H,(H,5,6,7)(H,8,9,10);;;/q;+2;2*-1. The molecule has 0 atom stereocenters. The molecule has 1 aromatic rings. The summed E-state index contributed by atoms with van der Waals surface area (Å²) in [6.07, 6.45) is 0. The second kappa shape index (κ2) is 4.74. The smallest absolute Gasteiger partial charge is 1.00 e. The molecule has 78 valence electrons. The van der Waals surface area contributed by atoms with Crippen molar-refractivity contribution >= 4 is 69.3 Å². The van der Waals surface area contributed by atoms with Crippen LogP contribution < -0.4 is 0 Å². The maximum Gasteiger partial charge on any atom is 2.00 e. The molecule has 0 radical (unpaired) electrons. The van der Waals surface area contributed by atoms with Crippen molar-refractivity contribution in [3.8, 4) is 0 Å². The Labute approximate surface area is 117 Å². The molecule has 10 heteroatoms. The second-order valence-corrected chi connectivity index (χ2v) is 6.40. The van der Waals surface area contributed by atoms with E-state index in [-0.39, 0.29) is 51.9 Å². The van der Waals surface area contributed by atoms with Crippen molar-refractivity contribution in [1.82, 2.24) is 0 Å². The van der Waals surface area contributed by atoms with Gasteiger partial charge in [0.1, 0.15) is 8.42 Å². The first kappa shape index (κ1) is 14.8. The van der Waals surface area contributed by atoms with Gasteiger partial charge in [-0.25, -0.2) is 0 Å². The normalized spacial score (nSPS) is 12.1. The molecule has 0 saturated carbocycles. The molecule has 14 heavy (non-hydrogen) atoms. The predicted octanol–water partition coefficient (Wildman–Crippen LogP) is 0.0857. The monoisotopic (exact) mass is 286 g/mol. The van der Waals surface area contributed by atoms with Gasteiger partial charge in [-0.3, -0.25) is 9.11 Å². The van der Waals surface area contributed by atoms with Gasteiger partial charge in [0.05, 0.1) is 0 Å². The molecule has 0 bridgehead atoms. The summed E-state index contributed by atoms with van der Waals surface area (Å²) in [5, 5.41) is 0. The Kier molecular flexibility index (Phi) is 5.01. The Balaban J connectivity index is -0.000000563. The second-order valence-electron chi connectivity index (χ2n) is 2.02. The van der Waals surface area contributed by atoms with Crippen molar-refractivity contribution in [3.63, 3.8) is 0 Å². The molecule has 0 fully saturated rings. The molecule has 0 saturated heterocycles. The van der Waals surface area contributed by atoms with Crippen molar-refractivity contribution in [3.05, 3.63) is 12.1 Å². The molecule has 0 amide bonds. The predicted molar refractivity (Wildman–Crippen MR) is 51.9 cm³/mol. The summed E-state index contributed by atoms with van der Waals surface area (Å²) < 4.78 is 57.7. The topological polar surface area (TPSA) is 109 Å². The van der Waals surface area contributed by atoms with Gasteiger partial charge >= 0.3 is 58.0 Å². The first-order chi connectivity index (χ1) is 5.71.